The van der Waals surface area contributed by atoms with E-state index in [0.717, 1.165) is 31.3 Å². The van der Waals surface area contributed by atoms with E-state index in [4.69, 9.17) is 26.9 Å². The van der Waals surface area contributed by atoms with E-state index in [9.17, 15) is 0 Å². The maximum Gasteiger partial charge on any atom is 0.232 e. The summed E-state index contributed by atoms with van der Waals surface area (Å²) in [6, 6.07) is 2.64. The van der Waals surface area contributed by atoms with Gasteiger partial charge in [-0.25, -0.2) is 0 Å². The number of thiocarbonyl (C=S) groups is 1. The highest BCUT2D eigenvalue weighted by Crippen LogP contribution is 2.28. The van der Waals surface area contributed by atoms with Crippen molar-refractivity contribution < 1.29 is 4.74 Å². The van der Waals surface area contributed by atoms with Gasteiger partial charge in [-0.3, -0.25) is 0 Å². The smallest absolute Gasteiger partial charge is 0.232 e. The van der Waals surface area contributed by atoms with Gasteiger partial charge < -0.3 is 25.2 Å². The summed E-state index contributed by atoms with van der Waals surface area (Å²) in [7, 11) is 1.67. The van der Waals surface area contributed by atoms with E-state index in [1.165, 1.54) is 32.1 Å². The Morgan fingerprint density at radius 1 is 1.19 bits per heavy atom. The van der Waals surface area contributed by atoms with Crippen molar-refractivity contribution >= 4 is 34.9 Å². The molecule has 2 fully saturated rings. The summed E-state index contributed by atoms with van der Waals surface area (Å²) in [6.07, 6.45) is 6.16. The zero-order chi connectivity index (χ0) is 18.4. The highest BCUT2D eigenvalue weighted by Gasteiger charge is 2.23. The first-order valence-electron chi connectivity index (χ1n) is 9.62. The molecule has 7 nitrogen and oxygen atoms in total. The second-order valence-electron chi connectivity index (χ2n) is 7.01. The first kappa shape index (κ1) is 19.1. The van der Waals surface area contributed by atoms with Gasteiger partial charge in [0.1, 0.15) is 11.6 Å². The average Bonchev–Trinajstić information content (AvgIpc) is 3.17. The van der Waals surface area contributed by atoms with Gasteiger partial charge in [0.25, 0.3) is 0 Å². The minimum atomic E-state index is 0.504. The molecule has 2 aliphatic rings. The lowest BCUT2D eigenvalue weighted by molar-refractivity contribution is 0.204. The number of aromatic nitrogens is 2. The molecular weight excluding hydrogens is 348 g/mol. The Morgan fingerprint density at radius 2 is 1.92 bits per heavy atom. The number of rotatable bonds is 6. The quantitative estimate of drug-likeness (QED) is 0.578. The van der Waals surface area contributed by atoms with Crippen molar-refractivity contribution in [2.24, 2.45) is 0 Å². The van der Waals surface area contributed by atoms with E-state index in [1.54, 1.807) is 7.11 Å². The molecule has 144 valence electrons. The Labute approximate surface area is 161 Å². The molecule has 0 saturated carbocycles. The van der Waals surface area contributed by atoms with E-state index in [2.05, 4.69) is 33.4 Å². The van der Waals surface area contributed by atoms with Crippen LogP contribution in [0.25, 0.3) is 0 Å². The summed E-state index contributed by atoms with van der Waals surface area (Å²) in [5, 5.41) is 6.79. The number of hydrogen-bond acceptors (Lipinski definition) is 6. The molecule has 1 atom stereocenters. The fourth-order valence-electron chi connectivity index (χ4n) is 3.58. The average molecular weight is 379 g/mol. The molecule has 0 spiro atoms. The molecule has 0 radical (unpaired) electrons. The molecule has 0 aromatic carbocycles. The van der Waals surface area contributed by atoms with Crippen LogP contribution in [0.4, 0.5) is 17.6 Å². The standard InChI is InChI=1S/C18H30N6OS/c1-14-7-3-4-11-24(14)16-13-15(23-9-5-6-10-23)20-17(21-16)22-18(26)19-8-12-25-2/h13-14H,3-12H2,1-2H3,(H2,19,20,21,22,26)/t14-/m1/s1. The molecule has 0 bridgehead atoms. The molecule has 0 unspecified atom stereocenters. The minimum absolute atomic E-state index is 0.504. The van der Waals surface area contributed by atoms with E-state index < -0.39 is 0 Å². The van der Waals surface area contributed by atoms with Gasteiger partial charge in [0.15, 0.2) is 5.11 Å². The number of nitrogens with zero attached hydrogens (tertiary/aromatic N) is 4. The van der Waals surface area contributed by atoms with Crippen LogP contribution in [0.2, 0.25) is 0 Å². The number of ether oxygens (including phenoxy) is 1. The lowest BCUT2D eigenvalue weighted by Crippen LogP contribution is -2.38. The maximum atomic E-state index is 5.37. The number of hydrogen-bond donors (Lipinski definition) is 2. The molecule has 26 heavy (non-hydrogen) atoms. The Kier molecular flexibility index (Phi) is 6.85. The largest absolute Gasteiger partial charge is 0.383 e. The first-order valence-corrected chi connectivity index (χ1v) is 10.0. The SMILES string of the molecule is COCCNC(=S)Nc1nc(N2CCCC2)cc(N2CCCC[C@H]2C)n1. The molecular formula is C18H30N6OS. The third kappa shape index (κ3) is 4.94. The topological polar surface area (TPSA) is 65.6 Å². The lowest BCUT2D eigenvalue weighted by Gasteiger charge is -2.35. The van der Waals surface area contributed by atoms with E-state index >= 15 is 0 Å². The lowest BCUT2D eigenvalue weighted by atomic mass is 10.0. The van der Waals surface area contributed by atoms with Gasteiger partial charge in [0.05, 0.1) is 6.61 Å². The zero-order valence-corrected chi connectivity index (χ0v) is 16.6. The van der Waals surface area contributed by atoms with Crippen LogP contribution in [0.1, 0.15) is 39.0 Å². The summed E-state index contributed by atoms with van der Waals surface area (Å²) in [6.45, 7) is 6.70. The molecule has 1 aromatic heterocycles. The maximum absolute atomic E-state index is 5.37. The Morgan fingerprint density at radius 3 is 2.65 bits per heavy atom. The number of anilines is 3. The number of methoxy groups -OCH3 is 1. The van der Waals surface area contributed by atoms with Crippen molar-refractivity contribution in [2.45, 2.75) is 45.1 Å². The third-order valence-corrected chi connectivity index (χ3v) is 5.29. The molecule has 2 aliphatic heterocycles. The van der Waals surface area contributed by atoms with Gasteiger partial charge in [-0.1, -0.05) is 0 Å². The van der Waals surface area contributed by atoms with Crippen molar-refractivity contribution in [3.05, 3.63) is 6.07 Å². The molecule has 0 amide bonds. The third-order valence-electron chi connectivity index (χ3n) is 5.04. The Bertz CT molecular complexity index is 607. The first-order chi connectivity index (χ1) is 12.7. The Hall–Kier alpha value is -1.67. The van der Waals surface area contributed by atoms with Gasteiger partial charge in [0.2, 0.25) is 5.95 Å². The molecule has 8 heteroatoms. The van der Waals surface area contributed by atoms with Crippen LogP contribution < -0.4 is 20.4 Å². The van der Waals surface area contributed by atoms with Crippen LogP contribution in [0.15, 0.2) is 6.07 Å². The van der Waals surface area contributed by atoms with Gasteiger partial charge >= 0.3 is 0 Å². The van der Waals surface area contributed by atoms with Crippen molar-refractivity contribution in [1.82, 2.24) is 15.3 Å². The summed E-state index contributed by atoms with van der Waals surface area (Å²) in [4.78, 5) is 14.2. The van der Waals surface area contributed by atoms with Crippen LogP contribution in [0.3, 0.4) is 0 Å². The fraction of sp³-hybridized carbons (Fsp3) is 0.722. The van der Waals surface area contributed by atoms with Gasteiger partial charge in [0, 0.05) is 45.4 Å². The monoisotopic (exact) mass is 378 g/mol. The van der Waals surface area contributed by atoms with E-state index in [1.807, 2.05) is 0 Å². The predicted octanol–water partition coefficient (Wildman–Crippen LogP) is 2.39. The van der Waals surface area contributed by atoms with Gasteiger partial charge in [-0.05, 0) is 51.2 Å². The number of nitrogens with one attached hydrogen (secondary N) is 2. The zero-order valence-electron chi connectivity index (χ0n) is 15.8. The summed E-state index contributed by atoms with van der Waals surface area (Å²) in [5.41, 5.74) is 0. The normalized spacial score (nSPS) is 20.3. The van der Waals surface area contributed by atoms with Crippen LogP contribution >= 0.6 is 12.2 Å². The molecule has 1 aromatic rings. The summed E-state index contributed by atoms with van der Waals surface area (Å²) >= 11 is 5.37. The molecule has 2 saturated heterocycles. The van der Waals surface area contributed by atoms with Crippen LogP contribution in [0, 0.1) is 0 Å². The fourth-order valence-corrected chi connectivity index (χ4v) is 3.78. The second-order valence-corrected chi connectivity index (χ2v) is 7.42. The number of piperidine rings is 1. The van der Waals surface area contributed by atoms with Crippen LogP contribution in [-0.2, 0) is 4.74 Å². The van der Waals surface area contributed by atoms with Crippen molar-refractivity contribution in [3.8, 4) is 0 Å². The highest BCUT2D eigenvalue weighted by atomic mass is 32.1. The van der Waals surface area contributed by atoms with E-state index in [0.29, 0.717) is 30.3 Å². The second kappa shape index (κ2) is 9.32. The highest BCUT2D eigenvalue weighted by molar-refractivity contribution is 7.80. The molecule has 0 aliphatic carbocycles. The van der Waals surface area contributed by atoms with Crippen LogP contribution in [0.5, 0.6) is 0 Å². The Balaban J connectivity index is 1.79. The minimum Gasteiger partial charge on any atom is -0.383 e. The summed E-state index contributed by atoms with van der Waals surface area (Å²) in [5.74, 6) is 2.56. The molecule has 3 rings (SSSR count). The van der Waals surface area contributed by atoms with Gasteiger partial charge in [-0.15, -0.1) is 0 Å². The van der Waals surface area contributed by atoms with Gasteiger partial charge in [-0.2, -0.15) is 9.97 Å². The summed E-state index contributed by atoms with van der Waals surface area (Å²) < 4.78 is 5.04. The van der Waals surface area contributed by atoms with Crippen molar-refractivity contribution in [3.63, 3.8) is 0 Å². The predicted molar refractivity (Wildman–Crippen MR) is 110 cm³/mol. The molecule has 3 heterocycles. The van der Waals surface area contributed by atoms with Crippen molar-refractivity contribution in [2.75, 3.05) is 55.0 Å². The molecule has 2 N–H and O–H groups in total. The van der Waals surface area contributed by atoms with E-state index in [-0.39, 0.29) is 0 Å². The van der Waals surface area contributed by atoms with Crippen molar-refractivity contribution in [1.29, 1.82) is 0 Å². The van der Waals surface area contributed by atoms with Crippen LogP contribution in [-0.4, -0.2) is 61.0 Å².